The molecule has 3 aromatic rings. The topological polar surface area (TPSA) is 56.6 Å². The number of carbonyl (C=O) groups excluding carboxylic acids is 1. The molecular weight excluding hydrogens is 485 g/mol. The lowest BCUT2D eigenvalue weighted by Gasteiger charge is -2.42. The summed E-state index contributed by atoms with van der Waals surface area (Å²) in [5.41, 5.74) is 2.91. The summed E-state index contributed by atoms with van der Waals surface area (Å²) < 4.78 is 20.1. The van der Waals surface area contributed by atoms with Crippen molar-refractivity contribution in [1.29, 1.82) is 5.26 Å². The third-order valence-electron chi connectivity index (χ3n) is 6.09. The van der Waals surface area contributed by atoms with E-state index in [1.165, 1.54) is 17.8 Å². The molecule has 0 unspecified atom stereocenters. The number of halogens is 2. The Morgan fingerprint density at radius 3 is 2.54 bits per heavy atom. The smallest absolute Gasteiger partial charge is 0.229 e. The van der Waals surface area contributed by atoms with Gasteiger partial charge in [0.2, 0.25) is 5.91 Å². The summed E-state index contributed by atoms with van der Waals surface area (Å²) in [5.74, 6) is 0.417. The summed E-state index contributed by atoms with van der Waals surface area (Å²) in [4.78, 5) is 16.5. The van der Waals surface area contributed by atoms with Crippen molar-refractivity contribution >= 4 is 35.0 Å². The molecule has 1 saturated heterocycles. The summed E-state index contributed by atoms with van der Waals surface area (Å²) in [7, 11) is 0. The van der Waals surface area contributed by atoms with E-state index in [1.54, 1.807) is 23.1 Å². The third-order valence-corrected chi connectivity index (χ3v) is 7.49. The van der Waals surface area contributed by atoms with Crippen LogP contribution in [0.5, 0.6) is 5.75 Å². The number of anilines is 1. The van der Waals surface area contributed by atoms with E-state index >= 15 is 0 Å². The second kappa shape index (κ2) is 10.0. The van der Waals surface area contributed by atoms with Crippen molar-refractivity contribution in [2.24, 2.45) is 0 Å². The van der Waals surface area contributed by atoms with Crippen LogP contribution in [0.15, 0.2) is 83.4 Å². The number of hydrogen-bond donors (Lipinski definition) is 0. The van der Waals surface area contributed by atoms with E-state index in [9.17, 15) is 14.4 Å². The molecule has 0 bridgehead atoms. The summed E-state index contributed by atoms with van der Waals surface area (Å²) in [6, 6.07) is 23.8. The van der Waals surface area contributed by atoms with Crippen molar-refractivity contribution in [2.75, 3.05) is 17.4 Å². The van der Waals surface area contributed by atoms with Crippen molar-refractivity contribution in [2.45, 2.75) is 18.9 Å². The average Bonchev–Trinajstić information content (AvgIpc) is 2.89. The first kappa shape index (κ1) is 23.3. The number of fused-ring (bicyclic) bond motifs is 1. The Morgan fingerprint density at radius 1 is 1.09 bits per heavy atom. The number of hydrogen-bond acceptors (Lipinski definition) is 5. The molecule has 35 heavy (non-hydrogen) atoms. The normalized spacial score (nSPS) is 17.7. The number of nitriles is 1. The maximum Gasteiger partial charge on any atom is 0.229 e. The average molecular weight is 506 g/mol. The van der Waals surface area contributed by atoms with E-state index in [-0.39, 0.29) is 30.7 Å². The van der Waals surface area contributed by atoms with E-state index in [4.69, 9.17) is 16.3 Å². The lowest BCUT2D eigenvalue weighted by Crippen LogP contribution is -2.47. The van der Waals surface area contributed by atoms with Gasteiger partial charge in [0, 0.05) is 17.4 Å². The SMILES string of the molecule is N#CC1=C2SCN(c3ccccc3F)CN2C(=O)C[C@@H]1c1ccc(OCc2ccc(Cl)cc2)cc1. The number of carbonyl (C=O) groups is 1. The Labute approximate surface area is 212 Å². The summed E-state index contributed by atoms with van der Waals surface area (Å²) in [6.45, 7) is 0.632. The van der Waals surface area contributed by atoms with Gasteiger partial charge in [-0.2, -0.15) is 5.26 Å². The molecule has 3 aromatic carbocycles. The number of benzene rings is 3. The zero-order chi connectivity index (χ0) is 24.4. The fourth-order valence-electron chi connectivity index (χ4n) is 4.25. The summed E-state index contributed by atoms with van der Waals surface area (Å²) in [5, 5.41) is 11.3. The number of rotatable bonds is 5. The number of allylic oxidation sites excluding steroid dienone is 1. The standard InChI is InChI=1S/C27H21ClFN3O2S/c28-20-9-5-18(6-10-20)15-34-21-11-7-19(8-12-21)22-13-26(33)32-16-31(17-35-27(32)23(22)14-30)25-4-2-1-3-24(25)29/h1-12,22H,13,15-17H2/t22-/m1/s1. The molecule has 1 fully saturated rings. The van der Waals surface area contributed by atoms with E-state index in [2.05, 4.69) is 6.07 Å². The molecule has 1 atom stereocenters. The lowest BCUT2D eigenvalue weighted by molar-refractivity contribution is -0.129. The molecule has 176 valence electrons. The molecule has 0 aliphatic carbocycles. The van der Waals surface area contributed by atoms with Crippen LogP contribution in [-0.4, -0.2) is 23.4 Å². The molecule has 0 saturated carbocycles. The fraction of sp³-hybridized carbons (Fsp3) is 0.185. The first-order valence-corrected chi connectivity index (χ1v) is 12.4. The van der Waals surface area contributed by atoms with Gasteiger partial charge < -0.3 is 9.64 Å². The highest BCUT2D eigenvalue weighted by Crippen LogP contribution is 2.43. The zero-order valence-corrected chi connectivity index (χ0v) is 20.2. The molecule has 2 heterocycles. The first-order valence-electron chi connectivity index (χ1n) is 11.1. The molecule has 8 heteroatoms. The second-order valence-electron chi connectivity index (χ2n) is 8.30. The van der Waals surface area contributed by atoms with Gasteiger partial charge in [-0.3, -0.25) is 9.69 Å². The molecule has 2 aliphatic rings. The van der Waals surface area contributed by atoms with Crippen molar-refractivity contribution in [1.82, 2.24) is 4.90 Å². The van der Waals surface area contributed by atoms with Gasteiger partial charge in [0.1, 0.15) is 18.2 Å². The van der Waals surface area contributed by atoms with Gasteiger partial charge in [-0.05, 0) is 47.5 Å². The van der Waals surface area contributed by atoms with Gasteiger partial charge in [0.05, 0.1) is 34.9 Å². The van der Waals surface area contributed by atoms with Crippen molar-refractivity contribution < 1.29 is 13.9 Å². The van der Waals surface area contributed by atoms with Crippen molar-refractivity contribution in [3.8, 4) is 11.8 Å². The Morgan fingerprint density at radius 2 is 1.83 bits per heavy atom. The van der Waals surface area contributed by atoms with E-state index in [0.717, 1.165) is 11.1 Å². The predicted octanol–water partition coefficient (Wildman–Crippen LogP) is 6.28. The highest BCUT2D eigenvalue weighted by Gasteiger charge is 2.38. The second-order valence-corrected chi connectivity index (χ2v) is 9.67. The third kappa shape index (κ3) is 4.86. The van der Waals surface area contributed by atoms with Gasteiger partial charge in [0.25, 0.3) is 0 Å². The number of para-hydroxylation sites is 1. The van der Waals surface area contributed by atoms with E-state index < -0.39 is 0 Å². The number of amides is 1. The van der Waals surface area contributed by atoms with Crippen molar-refractivity contribution in [3.05, 3.63) is 105 Å². The minimum Gasteiger partial charge on any atom is -0.489 e. The van der Waals surface area contributed by atoms with Crippen LogP contribution in [0.4, 0.5) is 10.1 Å². The summed E-state index contributed by atoms with van der Waals surface area (Å²) >= 11 is 7.32. The number of nitrogens with zero attached hydrogens (tertiary/aromatic N) is 3. The predicted molar refractivity (Wildman–Crippen MR) is 135 cm³/mol. The van der Waals surface area contributed by atoms with Gasteiger partial charge in [-0.25, -0.2) is 4.39 Å². The zero-order valence-electron chi connectivity index (χ0n) is 18.7. The Hall–Kier alpha value is -3.47. The number of thioether (sulfide) groups is 1. The van der Waals surface area contributed by atoms with Gasteiger partial charge in [-0.15, -0.1) is 0 Å². The first-order chi connectivity index (χ1) is 17.0. The monoisotopic (exact) mass is 505 g/mol. The largest absolute Gasteiger partial charge is 0.489 e. The summed E-state index contributed by atoms with van der Waals surface area (Å²) in [6.07, 6.45) is 0.184. The molecule has 5 rings (SSSR count). The van der Waals surface area contributed by atoms with Crippen molar-refractivity contribution in [3.63, 3.8) is 0 Å². The van der Waals surface area contributed by atoms with Gasteiger partial charge in [-0.1, -0.05) is 59.8 Å². The molecular formula is C27H21ClFN3O2S. The highest BCUT2D eigenvalue weighted by atomic mass is 35.5. The minimum absolute atomic E-state index is 0.0828. The molecule has 0 aromatic heterocycles. The van der Waals surface area contributed by atoms with Crippen LogP contribution in [0, 0.1) is 17.1 Å². The van der Waals surface area contributed by atoms with E-state index in [1.807, 2.05) is 53.4 Å². The highest BCUT2D eigenvalue weighted by molar-refractivity contribution is 8.03. The molecule has 0 N–H and O–H groups in total. The maximum atomic E-state index is 14.3. The fourth-order valence-corrected chi connectivity index (χ4v) is 5.54. The van der Waals surface area contributed by atoms with Crippen LogP contribution in [0.25, 0.3) is 0 Å². The minimum atomic E-state index is -0.332. The van der Waals surface area contributed by atoms with Crippen LogP contribution < -0.4 is 9.64 Å². The number of ether oxygens (including phenoxy) is 1. The van der Waals surface area contributed by atoms with Crippen LogP contribution in [0.2, 0.25) is 5.02 Å². The van der Waals surface area contributed by atoms with Crippen LogP contribution in [0.1, 0.15) is 23.5 Å². The van der Waals surface area contributed by atoms with Crippen LogP contribution in [-0.2, 0) is 11.4 Å². The Bertz CT molecular complexity index is 1320. The Balaban J connectivity index is 1.33. The van der Waals surface area contributed by atoms with Gasteiger partial charge >= 0.3 is 0 Å². The van der Waals surface area contributed by atoms with Crippen LogP contribution >= 0.6 is 23.4 Å². The molecule has 0 radical (unpaired) electrons. The molecule has 2 aliphatic heterocycles. The Kier molecular flexibility index (Phi) is 6.67. The van der Waals surface area contributed by atoms with Crippen LogP contribution in [0.3, 0.4) is 0 Å². The molecule has 5 nitrogen and oxygen atoms in total. The molecule has 1 amide bonds. The lowest BCUT2D eigenvalue weighted by atomic mass is 9.86. The quantitative estimate of drug-likeness (QED) is 0.408. The van der Waals surface area contributed by atoms with Gasteiger partial charge in [0.15, 0.2) is 0 Å². The maximum absolute atomic E-state index is 14.3. The molecule has 0 spiro atoms. The van der Waals surface area contributed by atoms with E-state index in [0.29, 0.717) is 39.5 Å².